The van der Waals surface area contributed by atoms with Gasteiger partial charge in [0.1, 0.15) is 5.75 Å². The van der Waals surface area contributed by atoms with Gasteiger partial charge in [0.25, 0.3) is 5.91 Å². The lowest BCUT2D eigenvalue weighted by atomic mass is 10.1. The Labute approximate surface area is 140 Å². The van der Waals surface area contributed by atoms with E-state index in [1.54, 1.807) is 35.9 Å². The first-order valence-corrected chi connectivity index (χ1v) is 8.88. The van der Waals surface area contributed by atoms with E-state index in [1.807, 2.05) is 17.0 Å². The van der Waals surface area contributed by atoms with Crippen molar-refractivity contribution in [1.29, 1.82) is 0 Å². The molecule has 2 saturated heterocycles. The highest BCUT2D eigenvalue weighted by molar-refractivity contribution is 7.99. The Morgan fingerprint density at radius 3 is 2.61 bits per heavy atom. The first-order chi connectivity index (χ1) is 11.2. The molecule has 1 aromatic carbocycles. The molecular weight excluding hydrogens is 314 g/mol. The van der Waals surface area contributed by atoms with E-state index < -0.39 is 0 Å². The van der Waals surface area contributed by atoms with Crippen LogP contribution in [0.2, 0.25) is 0 Å². The molecule has 0 saturated carbocycles. The number of carbonyl (C=O) groups is 2. The van der Waals surface area contributed by atoms with Gasteiger partial charge in [-0.2, -0.15) is 0 Å². The molecule has 0 aliphatic carbocycles. The second-order valence-corrected chi connectivity index (χ2v) is 6.65. The van der Waals surface area contributed by atoms with Crippen LogP contribution in [0.5, 0.6) is 5.75 Å². The minimum absolute atomic E-state index is 0.00875. The van der Waals surface area contributed by atoms with Crippen molar-refractivity contribution in [3.63, 3.8) is 0 Å². The Morgan fingerprint density at radius 1 is 1.22 bits per heavy atom. The summed E-state index contributed by atoms with van der Waals surface area (Å²) >= 11 is 1.75. The second-order valence-electron chi connectivity index (χ2n) is 5.62. The lowest BCUT2D eigenvalue weighted by Crippen LogP contribution is -2.54. The summed E-state index contributed by atoms with van der Waals surface area (Å²) < 4.78 is 5.17. The minimum Gasteiger partial charge on any atom is -0.497 e. The van der Waals surface area contributed by atoms with Crippen molar-refractivity contribution in [2.75, 3.05) is 44.9 Å². The van der Waals surface area contributed by atoms with Crippen molar-refractivity contribution in [3.8, 4) is 5.75 Å². The standard InChI is InChI=1S/C16H21N3O3S/c1-22-13-4-2-3-12(9-13)15(20)18-5-7-19(8-6-18)16(21)14-10-23-11-17-14/h2-4,9,14,17H,5-8,10-11H2,1H3. The third-order valence-electron chi connectivity index (χ3n) is 4.21. The smallest absolute Gasteiger partial charge is 0.254 e. The van der Waals surface area contributed by atoms with E-state index in [-0.39, 0.29) is 17.9 Å². The summed E-state index contributed by atoms with van der Waals surface area (Å²) in [4.78, 5) is 28.6. The summed E-state index contributed by atoms with van der Waals surface area (Å²) in [6, 6.07) is 7.11. The Morgan fingerprint density at radius 2 is 1.96 bits per heavy atom. The summed E-state index contributed by atoms with van der Waals surface area (Å²) in [5.41, 5.74) is 0.623. The van der Waals surface area contributed by atoms with E-state index in [9.17, 15) is 9.59 Å². The first-order valence-electron chi connectivity index (χ1n) is 7.72. The van der Waals surface area contributed by atoms with Crippen LogP contribution in [0.25, 0.3) is 0 Å². The van der Waals surface area contributed by atoms with Crippen LogP contribution in [-0.4, -0.2) is 72.6 Å². The van der Waals surface area contributed by atoms with E-state index in [0.717, 1.165) is 11.6 Å². The number of rotatable bonds is 3. The van der Waals surface area contributed by atoms with Crippen LogP contribution >= 0.6 is 11.8 Å². The third-order valence-corrected chi connectivity index (χ3v) is 5.15. The molecule has 0 aromatic heterocycles. The number of methoxy groups -OCH3 is 1. The average molecular weight is 335 g/mol. The fourth-order valence-corrected chi connectivity index (χ4v) is 3.78. The average Bonchev–Trinajstić information content (AvgIpc) is 3.15. The molecule has 6 nitrogen and oxygen atoms in total. The zero-order valence-corrected chi connectivity index (χ0v) is 14.0. The van der Waals surface area contributed by atoms with Gasteiger partial charge >= 0.3 is 0 Å². The molecule has 1 unspecified atom stereocenters. The summed E-state index contributed by atoms with van der Waals surface area (Å²) in [5.74, 6) is 2.50. The summed E-state index contributed by atoms with van der Waals surface area (Å²) in [5, 5.41) is 3.20. The molecule has 0 radical (unpaired) electrons. The highest BCUT2D eigenvalue weighted by Crippen LogP contribution is 2.17. The van der Waals surface area contributed by atoms with E-state index in [0.29, 0.717) is 37.5 Å². The van der Waals surface area contributed by atoms with Crippen molar-refractivity contribution >= 4 is 23.6 Å². The number of carbonyl (C=O) groups excluding carboxylic acids is 2. The van der Waals surface area contributed by atoms with E-state index in [1.165, 1.54) is 0 Å². The zero-order valence-electron chi connectivity index (χ0n) is 13.2. The Hall–Kier alpha value is -1.73. The van der Waals surface area contributed by atoms with Gasteiger partial charge < -0.3 is 14.5 Å². The fourth-order valence-electron chi connectivity index (χ4n) is 2.84. The van der Waals surface area contributed by atoms with Crippen molar-refractivity contribution in [3.05, 3.63) is 29.8 Å². The maximum atomic E-state index is 12.6. The van der Waals surface area contributed by atoms with Gasteiger partial charge in [-0.15, -0.1) is 11.8 Å². The minimum atomic E-state index is -0.0689. The molecule has 2 aliphatic heterocycles. The quantitative estimate of drug-likeness (QED) is 0.878. The van der Waals surface area contributed by atoms with Crippen molar-refractivity contribution in [2.24, 2.45) is 0 Å². The zero-order chi connectivity index (χ0) is 16.2. The van der Waals surface area contributed by atoms with Crippen LogP contribution in [-0.2, 0) is 4.79 Å². The topological polar surface area (TPSA) is 61.9 Å². The van der Waals surface area contributed by atoms with Crippen LogP contribution in [0, 0.1) is 0 Å². The van der Waals surface area contributed by atoms with Crippen molar-refractivity contribution < 1.29 is 14.3 Å². The van der Waals surface area contributed by atoms with Crippen LogP contribution < -0.4 is 10.1 Å². The van der Waals surface area contributed by atoms with Gasteiger partial charge in [-0.05, 0) is 18.2 Å². The van der Waals surface area contributed by atoms with Gasteiger partial charge in [0.2, 0.25) is 5.91 Å². The molecule has 2 heterocycles. The highest BCUT2D eigenvalue weighted by Gasteiger charge is 2.30. The predicted octanol–water partition coefficient (Wildman–Crippen LogP) is 0.642. The second kappa shape index (κ2) is 7.23. The van der Waals surface area contributed by atoms with Gasteiger partial charge in [-0.25, -0.2) is 0 Å². The molecule has 2 fully saturated rings. The van der Waals surface area contributed by atoms with Gasteiger partial charge in [0.15, 0.2) is 0 Å². The largest absolute Gasteiger partial charge is 0.497 e. The molecule has 2 aliphatic rings. The maximum absolute atomic E-state index is 12.6. The summed E-state index contributed by atoms with van der Waals surface area (Å²) in [6.07, 6.45) is 0. The van der Waals surface area contributed by atoms with Crippen molar-refractivity contribution in [2.45, 2.75) is 6.04 Å². The lowest BCUT2D eigenvalue weighted by molar-refractivity contribution is -0.134. The van der Waals surface area contributed by atoms with E-state index in [4.69, 9.17) is 4.74 Å². The van der Waals surface area contributed by atoms with Crippen LogP contribution in [0.3, 0.4) is 0 Å². The van der Waals surface area contributed by atoms with E-state index in [2.05, 4.69) is 5.32 Å². The number of thioether (sulfide) groups is 1. The Bertz CT molecular complexity index is 582. The third kappa shape index (κ3) is 3.61. The number of benzene rings is 1. The van der Waals surface area contributed by atoms with Crippen LogP contribution in [0.15, 0.2) is 24.3 Å². The summed E-state index contributed by atoms with van der Waals surface area (Å²) in [7, 11) is 1.59. The van der Waals surface area contributed by atoms with Crippen molar-refractivity contribution in [1.82, 2.24) is 15.1 Å². The van der Waals surface area contributed by atoms with Gasteiger partial charge in [0.05, 0.1) is 13.2 Å². The molecule has 124 valence electrons. The first kappa shape index (κ1) is 16.1. The molecule has 3 rings (SSSR count). The molecule has 0 bridgehead atoms. The summed E-state index contributed by atoms with van der Waals surface area (Å²) in [6.45, 7) is 2.33. The van der Waals surface area contributed by atoms with Crippen LogP contribution in [0.1, 0.15) is 10.4 Å². The number of hydrogen-bond acceptors (Lipinski definition) is 5. The number of piperazine rings is 1. The number of ether oxygens (including phenoxy) is 1. The number of nitrogens with zero attached hydrogens (tertiary/aromatic N) is 2. The maximum Gasteiger partial charge on any atom is 0.254 e. The normalized spacial score (nSPS) is 21.3. The molecule has 0 spiro atoms. The fraction of sp³-hybridized carbons (Fsp3) is 0.500. The molecule has 7 heteroatoms. The van der Waals surface area contributed by atoms with Gasteiger partial charge in [0, 0.05) is 43.4 Å². The predicted molar refractivity (Wildman–Crippen MR) is 89.7 cm³/mol. The monoisotopic (exact) mass is 335 g/mol. The Balaban J connectivity index is 1.57. The molecule has 1 aromatic rings. The Kier molecular flexibility index (Phi) is 5.07. The van der Waals surface area contributed by atoms with Gasteiger partial charge in [-0.1, -0.05) is 6.07 Å². The highest BCUT2D eigenvalue weighted by atomic mass is 32.2. The molecule has 1 N–H and O–H groups in total. The number of hydrogen-bond donors (Lipinski definition) is 1. The SMILES string of the molecule is COc1cccc(C(=O)N2CCN(C(=O)C3CSCN3)CC2)c1. The van der Waals surface area contributed by atoms with Gasteiger partial charge in [-0.3, -0.25) is 14.9 Å². The number of amides is 2. The molecular formula is C16H21N3O3S. The lowest BCUT2D eigenvalue weighted by Gasteiger charge is -2.36. The van der Waals surface area contributed by atoms with Crippen LogP contribution in [0.4, 0.5) is 0 Å². The molecule has 2 amide bonds. The van der Waals surface area contributed by atoms with E-state index >= 15 is 0 Å². The molecule has 23 heavy (non-hydrogen) atoms. The molecule has 1 atom stereocenters. The number of nitrogens with one attached hydrogen (secondary N) is 1.